The Bertz CT molecular complexity index is 274. The summed E-state index contributed by atoms with van der Waals surface area (Å²) in [6.45, 7) is 3.97. The fraction of sp³-hybridized carbons (Fsp3) is 1.00. The molecule has 0 aromatic heterocycles. The van der Waals surface area contributed by atoms with Crippen LogP contribution in [0.2, 0.25) is 0 Å². The smallest absolute Gasteiger partial charge is 0.391 e. The molecule has 6 heteroatoms. The summed E-state index contributed by atoms with van der Waals surface area (Å²) in [7, 11) is 0. The number of rotatable bonds is 5. The number of nitrogens with one attached hydrogen (secondary N) is 1. The van der Waals surface area contributed by atoms with Crippen molar-refractivity contribution in [1.29, 1.82) is 0 Å². The third-order valence-electron chi connectivity index (χ3n) is 4.04. The van der Waals surface area contributed by atoms with E-state index in [4.69, 9.17) is 5.73 Å². The molecule has 1 fully saturated rings. The molecule has 114 valence electrons. The lowest BCUT2D eigenvalue weighted by Crippen LogP contribution is -2.57. The van der Waals surface area contributed by atoms with E-state index in [0.29, 0.717) is 25.8 Å². The summed E-state index contributed by atoms with van der Waals surface area (Å²) in [5.41, 5.74) is 5.36. The van der Waals surface area contributed by atoms with E-state index < -0.39 is 23.7 Å². The molecule has 1 saturated carbocycles. The summed E-state index contributed by atoms with van der Waals surface area (Å²) in [5, 5.41) is 12.7. The molecule has 0 aromatic carbocycles. The molecule has 0 amide bonds. The number of hydrogen-bond acceptors (Lipinski definition) is 3. The summed E-state index contributed by atoms with van der Waals surface area (Å²) in [5.74, 6) is -1.19. The van der Waals surface area contributed by atoms with Gasteiger partial charge in [0.15, 0.2) is 0 Å². The third-order valence-corrected chi connectivity index (χ3v) is 4.04. The van der Waals surface area contributed by atoms with Crippen LogP contribution in [-0.2, 0) is 0 Å². The van der Waals surface area contributed by atoms with Crippen LogP contribution in [-0.4, -0.2) is 35.5 Å². The van der Waals surface area contributed by atoms with Crippen LogP contribution in [0.1, 0.15) is 46.0 Å². The van der Waals surface area contributed by atoms with E-state index in [-0.39, 0.29) is 18.9 Å². The van der Waals surface area contributed by atoms with E-state index in [2.05, 4.69) is 5.32 Å². The molecular formula is C13H25F3N2O. The zero-order chi connectivity index (χ0) is 14.7. The first-order chi connectivity index (χ1) is 8.68. The van der Waals surface area contributed by atoms with Crippen molar-refractivity contribution in [3.63, 3.8) is 0 Å². The summed E-state index contributed by atoms with van der Waals surface area (Å²) in [6.07, 6.45) is -2.79. The predicted molar refractivity (Wildman–Crippen MR) is 68.7 cm³/mol. The second kappa shape index (κ2) is 6.41. The first-order valence-electron chi connectivity index (χ1n) is 6.91. The van der Waals surface area contributed by atoms with Gasteiger partial charge in [0.2, 0.25) is 0 Å². The molecule has 0 saturated heterocycles. The minimum atomic E-state index is -4.09. The van der Waals surface area contributed by atoms with E-state index in [9.17, 15) is 18.3 Å². The Morgan fingerprint density at radius 2 is 1.84 bits per heavy atom. The first-order valence-corrected chi connectivity index (χ1v) is 6.91. The molecule has 3 nitrogen and oxygen atoms in total. The normalized spacial score (nSPS) is 32.1. The van der Waals surface area contributed by atoms with Gasteiger partial charge in [-0.1, -0.05) is 0 Å². The van der Waals surface area contributed by atoms with Crippen LogP contribution in [0.25, 0.3) is 0 Å². The lowest BCUT2D eigenvalue weighted by Gasteiger charge is -2.42. The van der Waals surface area contributed by atoms with Gasteiger partial charge in [-0.2, -0.15) is 13.2 Å². The Kier molecular flexibility index (Phi) is 5.65. The molecule has 0 bridgehead atoms. The van der Waals surface area contributed by atoms with Gasteiger partial charge in [0.1, 0.15) is 0 Å². The molecular weight excluding hydrogens is 257 g/mol. The SMILES string of the molecule is CC(O)CC(C)NC1(CN)CCC(C(F)(F)F)CC1. The molecule has 0 aliphatic heterocycles. The van der Waals surface area contributed by atoms with Gasteiger partial charge in [-0.3, -0.25) is 0 Å². The van der Waals surface area contributed by atoms with Crippen LogP contribution in [0.3, 0.4) is 0 Å². The monoisotopic (exact) mass is 282 g/mol. The average molecular weight is 282 g/mol. The van der Waals surface area contributed by atoms with Crippen LogP contribution in [0, 0.1) is 5.92 Å². The van der Waals surface area contributed by atoms with Crippen LogP contribution in [0.4, 0.5) is 13.2 Å². The second-order valence-corrected chi connectivity index (χ2v) is 5.93. The molecule has 19 heavy (non-hydrogen) atoms. The standard InChI is InChI=1S/C13H25F3N2O/c1-9(7-10(2)19)18-12(8-17)5-3-11(4-6-12)13(14,15)16/h9-11,18-19H,3-8,17H2,1-2H3. The second-order valence-electron chi connectivity index (χ2n) is 5.93. The number of aliphatic hydroxyl groups is 1. The van der Waals surface area contributed by atoms with Crippen LogP contribution >= 0.6 is 0 Å². The van der Waals surface area contributed by atoms with E-state index in [0.717, 1.165) is 0 Å². The Hall–Kier alpha value is -0.330. The van der Waals surface area contributed by atoms with E-state index in [1.165, 1.54) is 0 Å². The summed E-state index contributed by atoms with van der Waals surface area (Å²) in [6, 6.07) is 0.0472. The number of hydrogen-bond donors (Lipinski definition) is 3. The quantitative estimate of drug-likeness (QED) is 0.724. The van der Waals surface area contributed by atoms with E-state index in [1.54, 1.807) is 6.92 Å². The topological polar surface area (TPSA) is 58.3 Å². The number of alkyl halides is 3. The average Bonchev–Trinajstić information content (AvgIpc) is 2.27. The molecule has 0 radical (unpaired) electrons. The van der Waals surface area contributed by atoms with Gasteiger partial charge in [0.05, 0.1) is 12.0 Å². The number of nitrogens with two attached hydrogens (primary N) is 1. The maximum absolute atomic E-state index is 12.6. The Morgan fingerprint density at radius 3 is 2.21 bits per heavy atom. The molecule has 1 rings (SSSR count). The van der Waals surface area contributed by atoms with Crippen molar-refractivity contribution in [3.05, 3.63) is 0 Å². The van der Waals surface area contributed by atoms with Crippen molar-refractivity contribution < 1.29 is 18.3 Å². The highest BCUT2D eigenvalue weighted by atomic mass is 19.4. The maximum atomic E-state index is 12.6. The zero-order valence-corrected chi connectivity index (χ0v) is 11.6. The van der Waals surface area contributed by atoms with Crippen LogP contribution in [0.5, 0.6) is 0 Å². The minimum absolute atomic E-state index is 0.0472. The van der Waals surface area contributed by atoms with E-state index >= 15 is 0 Å². The Morgan fingerprint density at radius 1 is 1.32 bits per heavy atom. The fourth-order valence-electron chi connectivity index (χ4n) is 3.00. The maximum Gasteiger partial charge on any atom is 0.391 e. The van der Waals surface area contributed by atoms with Gasteiger partial charge < -0.3 is 16.2 Å². The van der Waals surface area contributed by atoms with Crippen molar-refractivity contribution in [3.8, 4) is 0 Å². The van der Waals surface area contributed by atoms with Gasteiger partial charge in [-0.25, -0.2) is 0 Å². The molecule has 4 N–H and O–H groups in total. The third kappa shape index (κ3) is 4.93. The minimum Gasteiger partial charge on any atom is -0.393 e. The zero-order valence-electron chi connectivity index (χ0n) is 11.6. The van der Waals surface area contributed by atoms with Gasteiger partial charge in [0, 0.05) is 18.1 Å². The fourth-order valence-corrected chi connectivity index (χ4v) is 3.00. The highest BCUT2D eigenvalue weighted by Crippen LogP contribution is 2.41. The summed E-state index contributed by atoms with van der Waals surface area (Å²) < 4.78 is 37.9. The molecule has 2 unspecified atom stereocenters. The number of halogens is 3. The summed E-state index contributed by atoms with van der Waals surface area (Å²) in [4.78, 5) is 0. The Labute approximate surface area is 112 Å². The van der Waals surface area contributed by atoms with Crippen molar-refractivity contribution in [2.24, 2.45) is 11.7 Å². The summed E-state index contributed by atoms with van der Waals surface area (Å²) >= 11 is 0. The largest absolute Gasteiger partial charge is 0.393 e. The van der Waals surface area contributed by atoms with Gasteiger partial charge >= 0.3 is 6.18 Å². The lowest BCUT2D eigenvalue weighted by molar-refractivity contribution is -0.185. The number of aliphatic hydroxyl groups excluding tert-OH is 1. The highest BCUT2D eigenvalue weighted by molar-refractivity contribution is 4.96. The van der Waals surface area contributed by atoms with Crippen molar-refractivity contribution in [1.82, 2.24) is 5.32 Å². The van der Waals surface area contributed by atoms with Crippen LogP contribution < -0.4 is 11.1 Å². The predicted octanol–water partition coefficient (Wildman–Crippen LogP) is 2.19. The van der Waals surface area contributed by atoms with Gasteiger partial charge in [-0.15, -0.1) is 0 Å². The molecule has 1 aliphatic carbocycles. The molecule has 0 aromatic rings. The highest BCUT2D eigenvalue weighted by Gasteiger charge is 2.45. The lowest BCUT2D eigenvalue weighted by atomic mass is 9.75. The van der Waals surface area contributed by atoms with Crippen molar-refractivity contribution >= 4 is 0 Å². The van der Waals surface area contributed by atoms with Crippen molar-refractivity contribution in [2.75, 3.05) is 6.54 Å². The van der Waals surface area contributed by atoms with Crippen molar-refractivity contribution in [2.45, 2.75) is 69.8 Å². The van der Waals surface area contributed by atoms with Crippen LogP contribution in [0.15, 0.2) is 0 Å². The van der Waals surface area contributed by atoms with E-state index in [1.807, 2.05) is 6.92 Å². The molecule has 1 aliphatic rings. The van der Waals surface area contributed by atoms with Gasteiger partial charge in [0.25, 0.3) is 0 Å². The molecule has 0 heterocycles. The molecule has 0 spiro atoms. The van der Waals surface area contributed by atoms with Gasteiger partial charge in [-0.05, 0) is 46.0 Å². The molecule has 2 atom stereocenters. The first kappa shape index (κ1) is 16.7. The Balaban J connectivity index is 2.55.